The fourth-order valence-corrected chi connectivity index (χ4v) is 3.45. The Labute approximate surface area is 165 Å². The van der Waals surface area contributed by atoms with E-state index in [1.807, 2.05) is 24.3 Å². The number of likely N-dealkylation sites (tertiary alicyclic amines) is 1. The lowest BCUT2D eigenvalue weighted by Gasteiger charge is -2.29. The molecule has 1 saturated heterocycles. The van der Waals surface area contributed by atoms with E-state index in [9.17, 15) is 4.79 Å². The summed E-state index contributed by atoms with van der Waals surface area (Å²) in [6, 6.07) is 15.5. The fourth-order valence-electron chi connectivity index (χ4n) is 3.33. The number of hydrogen-bond acceptors (Lipinski definition) is 3. The maximum Gasteiger partial charge on any atom is 0.258 e. The number of carbonyl (C=O) groups excluding carboxylic acids is 1. The van der Waals surface area contributed by atoms with Crippen molar-refractivity contribution in [3.63, 3.8) is 0 Å². The summed E-state index contributed by atoms with van der Waals surface area (Å²) < 4.78 is 10.6. The van der Waals surface area contributed by atoms with Gasteiger partial charge in [-0.15, -0.1) is 0 Å². The number of ether oxygens (including phenoxy) is 2. The van der Waals surface area contributed by atoms with Gasteiger partial charge in [-0.3, -0.25) is 4.79 Å². The average molecular weight is 390 g/mol. The first-order valence-corrected chi connectivity index (χ1v) is 9.64. The molecule has 0 spiro atoms. The summed E-state index contributed by atoms with van der Waals surface area (Å²) >= 11 is 5.94. The second-order valence-corrected chi connectivity index (χ2v) is 7.30. The van der Waals surface area contributed by atoms with E-state index >= 15 is 0 Å². The lowest BCUT2D eigenvalue weighted by Crippen LogP contribution is -3.12. The summed E-state index contributed by atoms with van der Waals surface area (Å²) in [6.45, 7) is 3.13. The summed E-state index contributed by atoms with van der Waals surface area (Å²) in [5.41, 5.74) is 1.30. The van der Waals surface area contributed by atoms with Gasteiger partial charge in [-0.05, 0) is 36.4 Å². The monoisotopic (exact) mass is 389 g/mol. The number of rotatable bonds is 7. The van der Waals surface area contributed by atoms with Gasteiger partial charge in [0.05, 0.1) is 20.2 Å². The van der Waals surface area contributed by atoms with Crippen LogP contribution in [0.4, 0.5) is 0 Å². The number of hydrogen-bond donors (Lipinski definition) is 2. The second-order valence-electron chi connectivity index (χ2n) is 6.86. The highest BCUT2D eigenvalue weighted by Crippen LogP contribution is 2.16. The van der Waals surface area contributed by atoms with Gasteiger partial charge in [0.25, 0.3) is 5.91 Å². The van der Waals surface area contributed by atoms with Crippen molar-refractivity contribution in [3.05, 3.63) is 59.1 Å². The third-order valence-electron chi connectivity index (χ3n) is 4.85. The predicted octanol–water partition coefficient (Wildman–Crippen LogP) is 2.09. The number of benzene rings is 2. The molecule has 1 amide bonds. The molecule has 0 unspecified atom stereocenters. The van der Waals surface area contributed by atoms with Crippen LogP contribution in [-0.4, -0.2) is 38.8 Å². The number of methoxy groups -OCH3 is 1. The molecule has 1 aliphatic rings. The van der Waals surface area contributed by atoms with E-state index < -0.39 is 0 Å². The average Bonchev–Trinajstić information content (AvgIpc) is 2.70. The van der Waals surface area contributed by atoms with Gasteiger partial charge in [-0.25, -0.2) is 0 Å². The van der Waals surface area contributed by atoms with E-state index in [1.54, 1.807) is 19.2 Å². The van der Waals surface area contributed by atoms with Crippen molar-refractivity contribution >= 4 is 17.5 Å². The van der Waals surface area contributed by atoms with E-state index in [4.69, 9.17) is 21.1 Å². The van der Waals surface area contributed by atoms with Crippen LogP contribution >= 0.6 is 11.6 Å². The first kappa shape index (κ1) is 19.5. The summed E-state index contributed by atoms with van der Waals surface area (Å²) in [5.74, 6) is 1.35. The number of piperidine rings is 1. The van der Waals surface area contributed by atoms with Crippen molar-refractivity contribution in [2.45, 2.75) is 25.4 Å². The lowest BCUT2D eigenvalue weighted by atomic mass is 10.0. The molecule has 1 fully saturated rings. The normalized spacial score (nSPS) is 19.3. The third kappa shape index (κ3) is 6.15. The number of halogens is 1. The van der Waals surface area contributed by atoms with Crippen molar-refractivity contribution in [2.75, 3.05) is 26.8 Å². The summed E-state index contributed by atoms with van der Waals surface area (Å²) in [5, 5.41) is 3.85. The Morgan fingerprint density at radius 2 is 1.70 bits per heavy atom. The highest BCUT2D eigenvalue weighted by Gasteiger charge is 2.23. The van der Waals surface area contributed by atoms with Crippen molar-refractivity contribution in [1.82, 2.24) is 5.32 Å². The molecule has 5 nitrogen and oxygen atoms in total. The molecule has 0 saturated carbocycles. The topological polar surface area (TPSA) is 52.0 Å². The molecule has 0 aliphatic carbocycles. The van der Waals surface area contributed by atoms with Crippen molar-refractivity contribution in [3.8, 4) is 11.5 Å². The lowest BCUT2D eigenvalue weighted by molar-refractivity contribution is -0.918. The Morgan fingerprint density at radius 3 is 2.33 bits per heavy atom. The van der Waals surface area contributed by atoms with Crippen molar-refractivity contribution in [2.24, 2.45) is 0 Å². The van der Waals surface area contributed by atoms with Gasteiger partial charge in [0.1, 0.15) is 18.0 Å². The predicted molar refractivity (Wildman–Crippen MR) is 106 cm³/mol. The third-order valence-corrected chi connectivity index (χ3v) is 5.11. The number of amides is 1. The van der Waals surface area contributed by atoms with Gasteiger partial charge in [0.2, 0.25) is 0 Å². The highest BCUT2D eigenvalue weighted by atomic mass is 35.5. The van der Waals surface area contributed by atoms with Gasteiger partial charge in [0.15, 0.2) is 6.61 Å². The van der Waals surface area contributed by atoms with Gasteiger partial charge in [0, 0.05) is 29.5 Å². The van der Waals surface area contributed by atoms with Crippen LogP contribution in [0.2, 0.25) is 5.02 Å². The van der Waals surface area contributed by atoms with E-state index in [1.165, 1.54) is 10.5 Å². The van der Waals surface area contributed by atoms with Gasteiger partial charge in [-0.1, -0.05) is 23.7 Å². The van der Waals surface area contributed by atoms with E-state index in [-0.39, 0.29) is 18.6 Å². The maximum atomic E-state index is 12.1. The molecular weight excluding hydrogens is 364 g/mol. The molecule has 0 bridgehead atoms. The Balaban J connectivity index is 1.36. The van der Waals surface area contributed by atoms with Crippen LogP contribution in [0.25, 0.3) is 0 Å². The van der Waals surface area contributed by atoms with E-state index in [0.29, 0.717) is 5.75 Å². The minimum absolute atomic E-state index is 0.0319. The number of quaternary nitrogens is 1. The molecule has 2 aromatic rings. The maximum absolute atomic E-state index is 12.1. The zero-order valence-electron chi connectivity index (χ0n) is 15.5. The molecular formula is C21H26ClN2O3+. The largest absolute Gasteiger partial charge is 0.497 e. The molecule has 0 atom stereocenters. The van der Waals surface area contributed by atoms with Crippen LogP contribution in [0, 0.1) is 0 Å². The summed E-state index contributed by atoms with van der Waals surface area (Å²) in [7, 11) is 1.62. The molecule has 0 aromatic heterocycles. The molecule has 2 aromatic carbocycles. The van der Waals surface area contributed by atoms with E-state index in [2.05, 4.69) is 17.4 Å². The molecule has 1 aliphatic heterocycles. The van der Waals surface area contributed by atoms with Crippen LogP contribution in [-0.2, 0) is 11.3 Å². The number of nitrogens with one attached hydrogen (secondary N) is 2. The van der Waals surface area contributed by atoms with Crippen LogP contribution in [0.15, 0.2) is 48.5 Å². The van der Waals surface area contributed by atoms with Crippen LogP contribution < -0.4 is 19.7 Å². The Bertz CT molecular complexity index is 726. The minimum atomic E-state index is -0.0723. The van der Waals surface area contributed by atoms with Crippen molar-refractivity contribution < 1.29 is 19.2 Å². The first-order valence-electron chi connectivity index (χ1n) is 9.26. The summed E-state index contributed by atoms with van der Waals surface area (Å²) in [4.78, 5) is 13.7. The second kappa shape index (κ2) is 9.62. The Hall–Kier alpha value is -2.24. The van der Waals surface area contributed by atoms with Gasteiger partial charge >= 0.3 is 0 Å². The van der Waals surface area contributed by atoms with Crippen LogP contribution in [0.5, 0.6) is 11.5 Å². The molecule has 6 heteroatoms. The zero-order chi connectivity index (χ0) is 19.1. The van der Waals surface area contributed by atoms with Gasteiger partial charge in [-0.2, -0.15) is 0 Å². The zero-order valence-corrected chi connectivity index (χ0v) is 16.3. The minimum Gasteiger partial charge on any atom is -0.497 e. The van der Waals surface area contributed by atoms with E-state index in [0.717, 1.165) is 43.2 Å². The molecule has 1 heterocycles. The smallest absolute Gasteiger partial charge is 0.258 e. The Kier molecular flexibility index (Phi) is 6.96. The quantitative estimate of drug-likeness (QED) is 0.762. The molecule has 144 valence electrons. The molecule has 27 heavy (non-hydrogen) atoms. The van der Waals surface area contributed by atoms with Crippen LogP contribution in [0.3, 0.4) is 0 Å². The Morgan fingerprint density at radius 1 is 1.07 bits per heavy atom. The van der Waals surface area contributed by atoms with Gasteiger partial charge < -0.3 is 19.7 Å². The molecule has 3 rings (SSSR count). The molecule has 0 radical (unpaired) electrons. The summed E-state index contributed by atoms with van der Waals surface area (Å²) in [6.07, 6.45) is 1.97. The van der Waals surface area contributed by atoms with Crippen LogP contribution in [0.1, 0.15) is 18.4 Å². The SMILES string of the molecule is COc1ccc(OCC(=O)NC2CC[NH+](Cc3ccc(Cl)cc3)CC2)cc1. The first-order chi connectivity index (χ1) is 13.1. The fraction of sp³-hybridized carbons (Fsp3) is 0.381. The number of carbonyl (C=O) groups is 1. The van der Waals surface area contributed by atoms with Crippen molar-refractivity contribution in [1.29, 1.82) is 0 Å². The standard InChI is InChI=1S/C21H25ClN2O3/c1-26-19-6-8-20(9-7-19)27-15-21(25)23-18-10-12-24(13-11-18)14-16-2-4-17(22)5-3-16/h2-9,18H,10-15H2,1H3,(H,23,25)/p+1. The molecule has 2 N–H and O–H groups in total. The highest BCUT2D eigenvalue weighted by molar-refractivity contribution is 6.30.